The fourth-order valence-corrected chi connectivity index (χ4v) is 4.47. The Morgan fingerprint density at radius 1 is 1.14 bits per heavy atom. The molecule has 1 atom stereocenters. The topological polar surface area (TPSA) is 127 Å². The summed E-state index contributed by atoms with van der Waals surface area (Å²) in [7, 11) is -2.50. The maximum absolute atomic E-state index is 15.2. The van der Waals surface area contributed by atoms with Crippen LogP contribution < -0.4 is 9.46 Å². The molecule has 1 aromatic carbocycles. The number of methoxy groups -OCH3 is 1. The molecule has 1 unspecified atom stereocenters. The first kappa shape index (κ1) is 24.2. The van der Waals surface area contributed by atoms with Crippen LogP contribution in [0.5, 0.6) is 6.01 Å². The SMILES string of the molecule is CCC(C)S(=O)(=O)Nc1ccc(F)c(C(=O)c2c[nH]c3ncc(-c4cnc(OC)nc4)cc23)c1F. The van der Waals surface area contributed by atoms with Gasteiger partial charge in [-0.3, -0.25) is 9.52 Å². The zero-order chi connectivity index (χ0) is 25.3. The van der Waals surface area contributed by atoms with Gasteiger partial charge in [-0.15, -0.1) is 0 Å². The Hall–Kier alpha value is -3.93. The summed E-state index contributed by atoms with van der Waals surface area (Å²) < 4.78 is 61.7. The molecule has 12 heteroatoms. The Kier molecular flexibility index (Phi) is 6.48. The monoisotopic (exact) mass is 501 g/mol. The molecule has 3 heterocycles. The minimum absolute atomic E-state index is 0.0384. The highest BCUT2D eigenvalue weighted by Gasteiger charge is 2.27. The molecule has 0 aliphatic heterocycles. The first-order valence-electron chi connectivity index (χ1n) is 10.5. The van der Waals surface area contributed by atoms with Crippen LogP contribution >= 0.6 is 0 Å². The van der Waals surface area contributed by atoms with Gasteiger partial charge in [-0.05, 0) is 31.5 Å². The molecule has 0 spiro atoms. The zero-order valence-electron chi connectivity index (χ0n) is 19.0. The van der Waals surface area contributed by atoms with E-state index in [0.717, 1.165) is 12.1 Å². The third-order valence-corrected chi connectivity index (χ3v) is 7.49. The number of benzene rings is 1. The van der Waals surface area contributed by atoms with Crippen LogP contribution in [0.4, 0.5) is 14.5 Å². The van der Waals surface area contributed by atoms with Gasteiger partial charge in [0.1, 0.15) is 11.5 Å². The molecule has 182 valence electrons. The van der Waals surface area contributed by atoms with Crippen molar-refractivity contribution in [2.24, 2.45) is 0 Å². The van der Waals surface area contributed by atoms with Crippen LogP contribution in [0.2, 0.25) is 0 Å². The second kappa shape index (κ2) is 9.37. The van der Waals surface area contributed by atoms with Crippen molar-refractivity contribution in [1.29, 1.82) is 0 Å². The maximum Gasteiger partial charge on any atom is 0.316 e. The van der Waals surface area contributed by atoms with Crippen LogP contribution in [-0.2, 0) is 10.0 Å². The number of rotatable bonds is 8. The Bertz CT molecular complexity index is 1520. The van der Waals surface area contributed by atoms with Crippen molar-refractivity contribution >= 4 is 32.5 Å². The van der Waals surface area contributed by atoms with E-state index < -0.39 is 43.9 Å². The fraction of sp³-hybridized carbons (Fsp3) is 0.217. The first-order chi connectivity index (χ1) is 16.7. The molecule has 0 aliphatic rings. The van der Waals surface area contributed by atoms with Crippen molar-refractivity contribution < 1.29 is 26.7 Å². The van der Waals surface area contributed by atoms with E-state index in [2.05, 4.69) is 24.7 Å². The van der Waals surface area contributed by atoms with Gasteiger partial charge in [0.15, 0.2) is 5.82 Å². The van der Waals surface area contributed by atoms with Crippen molar-refractivity contribution in [3.63, 3.8) is 0 Å². The van der Waals surface area contributed by atoms with Gasteiger partial charge in [0, 0.05) is 46.9 Å². The number of ether oxygens (including phenoxy) is 1. The summed E-state index contributed by atoms with van der Waals surface area (Å²) in [5.74, 6) is -3.40. The third kappa shape index (κ3) is 4.56. The molecular formula is C23H21F2N5O4S. The molecule has 0 radical (unpaired) electrons. The highest BCUT2D eigenvalue weighted by atomic mass is 32.2. The van der Waals surface area contributed by atoms with Crippen LogP contribution in [0, 0.1) is 11.6 Å². The predicted octanol–water partition coefficient (Wildman–Crippen LogP) is 4.08. The van der Waals surface area contributed by atoms with Crippen LogP contribution in [0.1, 0.15) is 36.2 Å². The van der Waals surface area contributed by atoms with Gasteiger partial charge in [-0.1, -0.05) is 6.92 Å². The summed E-state index contributed by atoms with van der Waals surface area (Å²) in [4.78, 5) is 28.4. The lowest BCUT2D eigenvalue weighted by Gasteiger charge is -2.15. The average Bonchev–Trinajstić information content (AvgIpc) is 3.28. The summed E-state index contributed by atoms with van der Waals surface area (Å²) in [6.45, 7) is 3.12. The van der Waals surface area contributed by atoms with E-state index in [1.54, 1.807) is 13.0 Å². The molecule has 9 nitrogen and oxygen atoms in total. The number of ketones is 1. The lowest BCUT2D eigenvalue weighted by Crippen LogP contribution is -2.25. The standard InChI is InChI=1S/C23H21F2N5O4S/c1-4-12(2)35(32,33)30-18-6-5-17(24)19(20(18)25)21(31)16-11-27-22-15(16)7-13(8-26-22)14-9-28-23(34-3)29-10-14/h5-12,30H,4H2,1-3H3,(H,26,27). The number of fused-ring (bicyclic) bond motifs is 1. The molecule has 0 amide bonds. The number of carbonyl (C=O) groups excluding carboxylic acids is 1. The maximum atomic E-state index is 15.2. The minimum atomic E-state index is -3.93. The lowest BCUT2D eigenvalue weighted by molar-refractivity contribution is 0.103. The Morgan fingerprint density at radius 2 is 1.83 bits per heavy atom. The van der Waals surface area contributed by atoms with Crippen molar-refractivity contribution in [2.45, 2.75) is 25.5 Å². The van der Waals surface area contributed by atoms with E-state index in [9.17, 15) is 17.6 Å². The summed E-state index contributed by atoms with van der Waals surface area (Å²) in [6.07, 6.45) is 6.13. The van der Waals surface area contributed by atoms with Crippen molar-refractivity contribution in [3.8, 4) is 17.1 Å². The number of halogens is 2. The lowest BCUT2D eigenvalue weighted by atomic mass is 10.0. The van der Waals surface area contributed by atoms with E-state index in [0.29, 0.717) is 22.2 Å². The molecule has 3 aromatic heterocycles. The van der Waals surface area contributed by atoms with E-state index in [1.165, 1.54) is 38.8 Å². The molecular weight excluding hydrogens is 480 g/mol. The Morgan fingerprint density at radius 3 is 2.49 bits per heavy atom. The van der Waals surface area contributed by atoms with Crippen LogP contribution in [-0.4, -0.2) is 46.5 Å². The highest BCUT2D eigenvalue weighted by molar-refractivity contribution is 7.93. The number of pyridine rings is 1. The summed E-state index contributed by atoms with van der Waals surface area (Å²) in [5, 5.41) is -0.501. The molecule has 0 saturated heterocycles. The smallest absolute Gasteiger partial charge is 0.316 e. The Balaban J connectivity index is 1.76. The summed E-state index contributed by atoms with van der Waals surface area (Å²) in [6, 6.07) is 3.58. The number of hydrogen-bond donors (Lipinski definition) is 2. The molecule has 0 saturated carbocycles. The Labute approximate surface area is 199 Å². The van der Waals surface area contributed by atoms with Crippen molar-refractivity contribution in [2.75, 3.05) is 11.8 Å². The molecule has 4 rings (SSSR count). The number of anilines is 1. The van der Waals surface area contributed by atoms with Crippen LogP contribution in [0.3, 0.4) is 0 Å². The summed E-state index contributed by atoms with van der Waals surface area (Å²) >= 11 is 0. The van der Waals surface area contributed by atoms with Crippen molar-refractivity contribution in [1.82, 2.24) is 19.9 Å². The van der Waals surface area contributed by atoms with Crippen LogP contribution in [0.15, 0.2) is 43.0 Å². The number of nitrogens with zero attached hydrogens (tertiary/aromatic N) is 3. The molecule has 4 aromatic rings. The largest absolute Gasteiger partial charge is 0.467 e. The van der Waals surface area contributed by atoms with Gasteiger partial charge in [-0.25, -0.2) is 32.2 Å². The molecule has 0 fully saturated rings. The number of aromatic amines is 1. The minimum Gasteiger partial charge on any atom is -0.467 e. The number of aromatic nitrogens is 4. The normalized spacial score (nSPS) is 12.5. The fourth-order valence-electron chi connectivity index (χ4n) is 3.37. The van der Waals surface area contributed by atoms with E-state index >= 15 is 4.39 Å². The zero-order valence-corrected chi connectivity index (χ0v) is 19.8. The van der Waals surface area contributed by atoms with Gasteiger partial charge >= 0.3 is 6.01 Å². The van der Waals surface area contributed by atoms with E-state index in [-0.39, 0.29) is 18.0 Å². The van der Waals surface area contributed by atoms with Gasteiger partial charge < -0.3 is 9.72 Å². The van der Waals surface area contributed by atoms with Gasteiger partial charge in [-0.2, -0.15) is 0 Å². The second-order valence-electron chi connectivity index (χ2n) is 7.76. The third-order valence-electron chi connectivity index (χ3n) is 5.59. The second-order valence-corrected chi connectivity index (χ2v) is 9.86. The van der Waals surface area contributed by atoms with E-state index in [4.69, 9.17) is 4.74 Å². The number of carbonyl (C=O) groups is 1. The van der Waals surface area contributed by atoms with Crippen LogP contribution in [0.25, 0.3) is 22.2 Å². The molecule has 2 N–H and O–H groups in total. The first-order valence-corrected chi connectivity index (χ1v) is 12.1. The highest BCUT2D eigenvalue weighted by Crippen LogP contribution is 2.30. The molecule has 0 bridgehead atoms. The average molecular weight is 502 g/mol. The van der Waals surface area contributed by atoms with E-state index in [1.807, 2.05) is 0 Å². The van der Waals surface area contributed by atoms with Gasteiger partial charge in [0.2, 0.25) is 15.8 Å². The quantitative estimate of drug-likeness (QED) is 0.348. The number of sulfonamides is 1. The molecule has 0 aliphatic carbocycles. The predicted molar refractivity (Wildman–Crippen MR) is 126 cm³/mol. The van der Waals surface area contributed by atoms with Crippen molar-refractivity contribution in [3.05, 3.63) is 65.7 Å². The summed E-state index contributed by atoms with van der Waals surface area (Å²) in [5.41, 5.74) is 0.0328. The number of nitrogens with one attached hydrogen (secondary N) is 2. The number of H-pyrrole nitrogens is 1. The van der Waals surface area contributed by atoms with Gasteiger partial charge in [0.05, 0.1) is 23.6 Å². The number of hydrogen-bond acceptors (Lipinski definition) is 7. The van der Waals surface area contributed by atoms with Gasteiger partial charge in [0.25, 0.3) is 0 Å². The molecule has 35 heavy (non-hydrogen) atoms.